The van der Waals surface area contributed by atoms with Gasteiger partial charge in [-0.05, 0) is 18.6 Å². The van der Waals surface area contributed by atoms with Crippen molar-refractivity contribution in [1.29, 1.82) is 0 Å². The summed E-state index contributed by atoms with van der Waals surface area (Å²) in [5, 5.41) is 3.33. The second kappa shape index (κ2) is 3.66. The first-order valence-corrected chi connectivity index (χ1v) is 4.43. The monoisotopic (exact) mass is 177 g/mol. The van der Waals surface area contributed by atoms with Crippen LogP contribution in [-0.2, 0) is 4.74 Å². The summed E-state index contributed by atoms with van der Waals surface area (Å²) in [7, 11) is 0. The summed E-state index contributed by atoms with van der Waals surface area (Å²) in [4.78, 5) is 1.95. The van der Waals surface area contributed by atoms with Gasteiger partial charge in [0.2, 0.25) is 0 Å². The van der Waals surface area contributed by atoms with Crippen LogP contribution >= 0.6 is 0 Å². The summed E-state index contributed by atoms with van der Waals surface area (Å²) in [5.74, 6) is 0. The first-order valence-electron chi connectivity index (χ1n) is 4.43. The molecule has 2 aliphatic heterocycles. The van der Waals surface area contributed by atoms with Gasteiger partial charge in [-0.25, -0.2) is 0 Å². The second-order valence-electron chi connectivity index (χ2n) is 3.26. The van der Waals surface area contributed by atoms with E-state index in [4.69, 9.17) is 4.74 Å². The Morgan fingerprint density at radius 3 is 3.31 bits per heavy atom. The zero-order valence-corrected chi connectivity index (χ0v) is 7.66. The van der Waals surface area contributed by atoms with Gasteiger partial charge >= 0.3 is 0 Å². The lowest BCUT2D eigenvalue weighted by atomic mass is 10.2. The normalized spacial score (nSPS) is 27.0. The smallest absolute Gasteiger partial charge is 0.181 e. The van der Waals surface area contributed by atoms with Crippen molar-refractivity contribution in [3.63, 3.8) is 0 Å². The fourth-order valence-corrected chi connectivity index (χ4v) is 1.36. The van der Waals surface area contributed by atoms with E-state index in [2.05, 4.69) is 30.7 Å². The molecule has 0 spiro atoms. The average molecular weight is 177 g/mol. The van der Waals surface area contributed by atoms with Crippen molar-refractivity contribution >= 4 is 0 Å². The van der Waals surface area contributed by atoms with Crippen LogP contribution in [0.4, 0.5) is 0 Å². The summed E-state index contributed by atoms with van der Waals surface area (Å²) in [5.41, 5.74) is 1.33. The van der Waals surface area contributed by atoms with Gasteiger partial charge in [0.1, 0.15) is 0 Å². The van der Waals surface area contributed by atoms with Gasteiger partial charge in [0, 0.05) is 18.8 Å². The molecule has 0 aromatic carbocycles. The highest BCUT2D eigenvalue weighted by Gasteiger charge is 2.07. The van der Waals surface area contributed by atoms with E-state index in [0.29, 0.717) is 12.8 Å². The third-order valence-corrected chi connectivity index (χ3v) is 2.09. The van der Waals surface area contributed by atoms with Crippen LogP contribution in [0.15, 0.2) is 30.1 Å². The summed E-state index contributed by atoms with van der Waals surface area (Å²) < 4.78 is 4.93. The topological polar surface area (TPSA) is 24.5 Å². The first kappa shape index (κ1) is 8.38. The Bertz CT molecular complexity index is 268. The number of hydrogen-bond acceptors (Lipinski definition) is 3. The maximum atomic E-state index is 4.93. The van der Waals surface area contributed by atoms with E-state index < -0.39 is 0 Å². The molecule has 1 radical (unpaired) electrons. The Morgan fingerprint density at radius 2 is 2.69 bits per heavy atom. The predicted octanol–water partition coefficient (Wildman–Crippen LogP) is 0.982. The lowest BCUT2D eigenvalue weighted by molar-refractivity contribution is 0.190. The molecule has 2 aliphatic rings. The average Bonchev–Trinajstić information content (AvgIpc) is 2.71. The van der Waals surface area contributed by atoms with Crippen molar-refractivity contribution in [1.82, 2.24) is 10.2 Å². The fraction of sp³-hybridized carbons (Fsp3) is 0.400. The first-order chi connectivity index (χ1) is 6.34. The third kappa shape index (κ3) is 2.12. The van der Waals surface area contributed by atoms with E-state index in [1.807, 2.05) is 11.1 Å². The Labute approximate surface area is 78.4 Å². The summed E-state index contributed by atoms with van der Waals surface area (Å²) in [6, 6.07) is 0.497. The van der Waals surface area contributed by atoms with Crippen molar-refractivity contribution in [3.05, 3.63) is 36.4 Å². The van der Waals surface area contributed by atoms with E-state index in [9.17, 15) is 0 Å². The number of ether oxygens (including phenoxy) is 1. The molecular formula is C10H13N2O. The molecule has 2 heterocycles. The van der Waals surface area contributed by atoms with Crippen LogP contribution < -0.4 is 5.32 Å². The maximum Gasteiger partial charge on any atom is 0.181 e. The number of nitrogens with zero attached hydrogens (tertiary/aromatic N) is 1. The van der Waals surface area contributed by atoms with E-state index in [1.54, 1.807) is 6.20 Å². The van der Waals surface area contributed by atoms with Crippen molar-refractivity contribution in [2.75, 3.05) is 13.3 Å². The molecule has 0 aromatic rings. The molecule has 2 rings (SSSR count). The van der Waals surface area contributed by atoms with E-state index in [-0.39, 0.29) is 0 Å². The molecule has 0 fully saturated rings. The van der Waals surface area contributed by atoms with Gasteiger partial charge in [-0.3, -0.25) is 0 Å². The Kier molecular flexibility index (Phi) is 2.36. The quantitative estimate of drug-likeness (QED) is 0.680. The van der Waals surface area contributed by atoms with Crippen LogP contribution in [0.2, 0.25) is 0 Å². The molecular weight excluding hydrogens is 164 g/mol. The number of nitrogens with one attached hydrogen (secondary N) is 1. The minimum atomic E-state index is 0.497. The highest BCUT2D eigenvalue weighted by Crippen LogP contribution is 2.08. The Hall–Kier alpha value is -1.22. The molecule has 1 unspecified atom stereocenters. The zero-order valence-electron chi connectivity index (χ0n) is 7.66. The molecule has 1 N–H and O–H groups in total. The zero-order chi connectivity index (χ0) is 9.10. The molecule has 0 aliphatic carbocycles. The Morgan fingerprint density at radius 1 is 1.77 bits per heavy atom. The van der Waals surface area contributed by atoms with Gasteiger partial charge in [0.05, 0.1) is 6.20 Å². The van der Waals surface area contributed by atoms with Crippen molar-refractivity contribution in [2.24, 2.45) is 0 Å². The van der Waals surface area contributed by atoms with Crippen LogP contribution in [0.25, 0.3) is 0 Å². The van der Waals surface area contributed by atoms with Crippen LogP contribution in [0.3, 0.4) is 0 Å². The largest absolute Gasteiger partial charge is 0.467 e. The highest BCUT2D eigenvalue weighted by molar-refractivity contribution is 5.26. The number of rotatable bonds is 2. The van der Waals surface area contributed by atoms with Gasteiger partial charge < -0.3 is 15.0 Å². The molecule has 0 saturated heterocycles. The SMILES string of the molecule is CC1C=C(C=CN2C=[C]OC2)CN1. The lowest BCUT2D eigenvalue weighted by Gasteiger charge is -2.05. The minimum Gasteiger partial charge on any atom is -0.467 e. The van der Waals surface area contributed by atoms with Gasteiger partial charge in [0.25, 0.3) is 0 Å². The molecule has 13 heavy (non-hydrogen) atoms. The third-order valence-electron chi connectivity index (χ3n) is 2.09. The van der Waals surface area contributed by atoms with Crippen LogP contribution in [0.1, 0.15) is 6.92 Å². The molecule has 1 atom stereocenters. The van der Waals surface area contributed by atoms with Crippen molar-refractivity contribution < 1.29 is 4.74 Å². The summed E-state index contributed by atoms with van der Waals surface area (Å²) in [6.45, 7) is 3.68. The standard InChI is InChI=1S/C10H13N2O/c1-9-6-10(7-11-9)2-3-12-4-5-13-8-12/h2-4,6,9,11H,7-8H2,1H3. The van der Waals surface area contributed by atoms with Crippen LogP contribution in [0, 0.1) is 6.26 Å². The van der Waals surface area contributed by atoms with Crippen LogP contribution in [0.5, 0.6) is 0 Å². The maximum absolute atomic E-state index is 4.93. The molecule has 0 bridgehead atoms. The molecule has 69 valence electrons. The van der Waals surface area contributed by atoms with Gasteiger partial charge in [-0.1, -0.05) is 6.08 Å². The molecule has 3 heteroatoms. The van der Waals surface area contributed by atoms with E-state index in [0.717, 1.165) is 6.54 Å². The van der Waals surface area contributed by atoms with Gasteiger partial charge in [-0.15, -0.1) is 0 Å². The van der Waals surface area contributed by atoms with E-state index >= 15 is 0 Å². The van der Waals surface area contributed by atoms with Gasteiger partial charge in [0.15, 0.2) is 13.0 Å². The molecule has 0 amide bonds. The van der Waals surface area contributed by atoms with E-state index in [1.165, 1.54) is 5.57 Å². The molecule has 0 saturated carbocycles. The number of hydrogen-bond donors (Lipinski definition) is 1. The fourth-order valence-electron chi connectivity index (χ4n) is 1.36. The summed E-state index contributed by atoms with van der Waals surface area (Å²) >= 11 is 0. The lowest BCUT2D eigenvalue weighted by Crippen LogP contribution is -2.17. The minimum absolute atomic E-state index is 0.497. The van der Waals surface area contributed by atoms with Gasteiger partial charge in [-0.2, -0.15) is 0 Å². The molecule has 0 aromatic heterocycles. The van der Waals surface area contributed by atoms with Crippen LogP contribution in [-0.4, -0.2) is 24.2 Å². The second-order valence-corrected chi connectivity index (χ2v) is 3.26. The Balaban J connectivity index is 1.89. The molecule has 3 nitrogen and oxygen atoms in total. The van der Waals surface area contributed by atoms with Crippen molar-refractivity contribution in [2.45, 2.75) is 13.0 Å². The summed E-state index contributed by atoms with van der Waals surface area (Å²) in [6.07, 6.45) is 10.8. The predicted molar refractivity (Wildman–Crippen MR) is 50.3 cm³/mol. The highest BCUT2D eigenvalue weighted by atomic mass is 16.5. The van der Waals surface area contributed by atoms with Crippen molar-refractivity contribution in [3.8, 4) is 0 Å².